The molecular formula is C27H24F3N3O4. The maximum Gasteiger partial charge on any atom is 0.417 e. The highest BCUT2D eigenvalue weighted by Gasteiger charge is 2.34. The molecule has 2 N–H and O–H groups in total. The summed E-state index contributed by atoms with van der Waals surface area (Å²) in [6.45, 7) is 1.52. The zero-order chi connectivity index (χ0) is 26.7. The molecule has 3 aromatic carbocycles. The van der Waals surface area contributed by atoms with Gasteiger partial charge in [-0.15, -0.1) is 0 Å². The number of aliphatic hydroxyl groups excluding tert-OH is 1. The Morgan fingerprint density at radius 3 is 2.32 bits per heavy atom. The average molecular weight is 512 g/mol. The zero-order valence-electron chi connectivity index (χ0n) is 20.0. The number of nitrogens with zero attached hydrogens (tertiary/aromatic N) is 3. The third-order valence-corrected chi connectivity index (χ3v) is 6.07. The summed E-state index contributed by atoms with van der Waals surface area (Å²) in [4.78, 5) is 17.0. The molecule has 0 fully saturated rings. The molecule has 7 nitrogen and oxygen atoms in total. The molecule has 0 aliphatic heterocycles. The van der Waals surface area contributed by atoms with E-state index in [2.05, 4.69) is 10.1 Å². The highest BCUT2D eigenvalue weighted by Crippen LogP contribution is 2.40. The summed E-state index contributed by atoms with van der Waals surface area (Å²) in [5.74, 6) is -0.973. The first-order valence-electron chi connectivity index (χ1n) is 11.3. The minimum absolute atomic E-state index is 0.0483. The lowest BCUT2D eigenvalue weighted by atomic mass is 9.94. The van der Waals surface area contributed by atoms with E-state index in [1.165, 1.54) is 17.0 Å². The minimum Gasteiger partial charge on any atom is -0.480 e. The molecule has 0 radical (unpaired) electrons. The summed E-state index contributed by atoms with van der Waals surface area (Å²) in [6.07, 6.45) is -4.59. The summed E-state index contributed by atoms with van der Waals surface area (Å²) in [7, 11) is 1.59. The molecule has 1 aromatic heterocycles. The summed E-state index contributed by atoms with van der Waals surface area (Å²) < 4.78 is 47.2. The lowest BCUT2D eigenvalue weighted by Crippen LogP contribution is -2.40. The molecule has 0 unspecified atom stereocenters. The molecule has 0 aliphatic rings. The van der Waals surface area contributed by atoms with Crippen molar-refractivity contribution in [2.24, 2.45) is 0 Å². The first-order chi connectivity index (χ1) is 17.6. The Bertz CT molecular complexity index is 1400. The van der Waals surface area contributed by atoms with Gasteiger partial charge in [-0.1, -0.05) is 59.8 Å². The van der Waals surface area contributed by atoms with Crippen molar-refractivity contribution in [2.75, 3.05) is 13.7 Å². The van der Waals surface area contributed by atoms with Crippen LogP contribution in [0.1, 0.15) is 16.7 Å². The van der Waals surface area contributed by atoms with Gasteiger partial charge in [0.1, 0.15) is 6.04 Å². The Morgan fingerprint density at radius 2 is 1.70 bits per heavy atom. The summed E-state index contributed by atoms with van der Waals surface area (Å²) in [6, 6.07) is 16.7. The van der Waals surface area contributed by atoms with Gasteiger partial charge in [-0.2, -0.15) is 18.2 Å². The topological polar surface area (TPSA) is 99.7 Å². The highest BCUT2D eigenvalue weighted by molar-refractivity contribution is 5.75. The normalized spacial score (nSPS) is 12.6. The van der Waals surface area contributed by atoms with Gasteiger partial charge in [-0.25, -0.2) is 0 Å². The monoisotopic (exact) mass is 511 g/mol. The van der Waals surface area contributed by atoms with Crippen molar-refractivity contribution in [3.05, 3.63) is 83.4 Å². The molecule has 0 spiro atoms. The molecule has 10 heteroatoms. The molecule has 37 heavy (non-hydrogen) atoms. The average Bonchev–Trinajstić information content (AvgIpc) is 3.34. The summed E-state index contributed by atoms with van der Waals surface area (Å²) >= 11 is 0. The fourth-order valence-electron chi connectivity index (χ4n) is 4.04. The number of hydrogen-bond acceptors (Lipinski definition) is 6. The number of carboxylic acids is 1. The zero-order valence-corrected chi connectivity index (χ0v) is 20.0. The number of benzene rings is 3. The van der Waals surface area contributed by atoms with Gasteiger partial charge >= 0.3 is 12.1 Å². The third kappa shape index (κ3) is 5.71. The molecule has 4 rings (SSSR count). The fraction of sp³-hybridized carbons (Fsp3) is 0.222. The molecule has 192 valence electrons. The number of rotatable bonds is 8. The van der Waals surface area contributed by atoms with Gasteiger partial charge in [0.25, 0.3) is 5.89 Å². The lowest BCUT2D eigenvalue weighted by Gasteiger charge is -2.22. The Labute approximate surface area is 210 Å². The number of aryl methyl sites for hydroxylation is 1. The molecule has 0 amide bonds. The molecule has 4 aromatic rings. The summed E-state index contributed by atoms with van der Waals surface area (Å²) in [5.41, 5.74) is 2.00. The van der Waals surface area contributed by atoms with E-state index in [4.69, 9.17) is 9.63 Å². The van der Waals surface area contributed by atoms with E-state index >= 15 is 0 Å². The second-order valence-electron chi connectivity index (χ2n) is 8.64. The molecule has 1 heterocycles. The van der Waals surface area contributed by atoms with Gasteiger partial charge in [0.05, 0.1) is 12.2 Å². The van der Waals surface area contributed by atoms with E-state index in [1.807, 2.05) is 0 Å². The molecule has 0 saturated carbocycles. The number of aromatic nitrogens is 2. The number of halogens is 3. The van der Waals surface area contributed by atoms with Crippen molar-refractivity contribution in [1.29, 1.82) is 0 Å². The van der Waals surface area contributed by atoms with Crippen LogP contribution in [0.25, 0.3) is 34.0 Å². The van der Waals surface area contributed by atoms with Crippen molar-refractivity contribution in [2.45, 2.75) is 25.7 Å². The van der Waals surface area contributed by atoms with Crippen LogP contribution in [0.15, 0.2) is 71.3 Å². The highest BCUT2D eigenvalue weighted by atomic mass is 19.4. The second-order valence-corrected chi connectivity index (χ2v) is 8.64. The molecular weight excluding hydrogens is 487 g/mol. The van der Waals surface area contributed by atoms with Crippen molar-refractivity contribution in [1.82, 2.24) is 15.0 Å². The van der Waals surface area contributed by atoms with Crippen LogP contribution < -0.4 is 0 Å². The van der Waals surface area contributed by atoms with Crippen LogP contribution in [0.5, 0.6) is 0 Å². The Kier molecular flexibility index (Phi) is 7.42. The van der Waals surface area contributed by atoms with Crippen LogP contribution in [-0.2, 0) is 17.5 Å². The molecule has 1 atom stereocenters. The number of aliphatic carboxylic acids is 1. The largest absolute Gasteiger partial charge is 0.480 e. The van der Waals surface area contributed by atoms with Crippen LogP contribution in [0.3, 0.4) is 0 Å². The molecule has 0 aliphatic carbocycles. The first kappa shape index (κ1) is 26.1. The van der Waals surface area contributed by atoms with Crippen molar-refractivity contribution < 1.29 is 32.7 Å². The molecule has 0 bridgehead atoms. The third-order valence-electron chi connectivity index (χ3n) is 6.07. The predicted octanol–water partition coefficient (Wildman–Crippen LogP) is 5.28. The first-order valence-corrected chi connectivity index (χ1v) is 11.3. The van der Waals surface area contributed by atoms with Gasteiger partial charge in [-0.3, -0.25) is 9.69 Å². The lowest BCUT2D eigenvalue weighted by molar-refractivity contribution is -0.144. The summed E-state index contributed by atoms with van der Waals surface area (Å²) in [5, 5.41) is 22.4. The van der Waals surface area contributed by atoms with Crippen LogP contribution >= 0.6 is 0 Å². The number of aliphatic hydroxyl groups is 1. The number of likely N-dealkylation sites (N-methyl/N-ethyl adjacent to an activating group) is 1. The predicted molar refractivity (Wildman–Crippen MR) is 130 cm³/mol. The van der Waals surface area contributed by atoms with E-state index < -0.39 is 30.4 Å². The smallest absolute Gasteiger partial charge is 0.417 e. The van der Waals surface area contributed by atoms with E-state index in [0.717, 1.165) is 17.2 Å². The van der Waals surface area contributed by atoms with Crippen molar-refractivity contribution >= 4 is 5.97 Å². The van der Waals surface area contributed by atoms with Crippen molar-refractivity contribution in [3.63, 3.8) is 0 Å². The standard InChI is InChI=1S/C27H24F3N3O4/c1-16-5-3-4-6-20(16)21-12-11-19(13-22(21)27(28,29)30)25-31-24(32-37-25)18-9-7-17(8-10-18)14-33(2)23(15-34)26(35)36/h3-13,23,34H,14-15H2,1-2H3,(H,35,36)/t23-/m1/s1. The Balaban J connectivity index is 1.59. The van der Waals surface area contributed by atoms with E-state index in [9.17, 15) is 23.1 Å². The fourth-order valence-corrected chi connectivity index (χ4v) is 4.04. The number of alkyl halides is 3. The van der Waals surface area contributed by atoms with Gasteiger partial charge in [0.15, 0.2) is 0 Å². The number of hydrogen-bond donors (Lipinski definition) is 2. The quantitative estimate of drug-likeness (QED) is 0.332. The number of carbonyl (C=O) groups is 1. The van der Waals surface area contributed by atoms with Crippen molar-refractivity contribution in [3.8, 4) is 34.0 Å². The van der Waals surface area contributed by atoms with E-state index in [1.54, 1.807) is 62.5 Å². The van der Waals surface area contributed by atoms with Gasteiger partial charge < -0.3 is 14.7 Å². The maximum atomic E-state index is 14.0. The Morgan fingerprint density at radius 1 is 1.03 bits per heavy atom. The maximum absolute atomic E-state index is 14.0. The van der Waals surface area contributed by atoms with E-state index in [0.29, 0.717) is 11.1 Å². The van der Waals surface area contributed by atoms with Crippen LogP contribution in [0.4, 0.5) is 13.2 Å². The SMILES string of the molecule is Cc1ccccc1-c1ccc(-c2nc(-c3ccc(CN(C)[C@H](CO)C(=O)O)cc3)no2)cc1C(F)(F)F. The second kappa shape index (κ2) is 10.5. The Hall–Kier alpha value is -4.02. The van der Waals surface area contributed by atoms with E-state index in [-0.39, 0.29) is 29.4 Å². The molecule has 0 saturated heterocycles. The number of carboxylic acid groups (broad SMARTS) is 1. The van der Waals surface area contributed by atoms with Crippen LogP contribution in [0, 0.1) is 6.92 Å². The van der Waals surface area contributed by atoms with Gasteiger partial charge in [0.2, 0.25) is 5.82 Å². The van der Waals surface area contributed by atoms with Crippen LogP contribution in [-0.4, -0.2) is 50.9 Å². The minimum atomic E-state index is -4.59. The van der Waals surface area contributed by atoms with Crippen LogP contribution in [0.2, 0.25) is 0 Å². The van der Waals surface area contributed by atoms with Gasteiger partial charge in [-0.05, 0) is 48.4 Å². The van der Waals surface area contributed by atoms with Gasteiger partial charge in [0, 0.05) is 17.7 Å².